The molecular formula is C12H21N3O2S. The molecule has 1 rings (SSSR count). The quantitative estimate of drug-likeness (QED) is 0.706. The zero-order valence-electron chi connectivity index (χ0n) is 11.2. The first-order chi connectivity index (χ1) is 8.69. The van der Waals surface area contributed by atoms with E-state index >= 15 is 0 Å². The van der Waals surface area contributed by atoms with Crippen LogP contribution in [0, 0.1) is 0 Å². The van der Waals surface area contributed by atoms with Gasteiger partial charge in [-0.3, -0.25) is 5.10 Å². The van der Waals surface area contributed by atoms with E-state index in [4.69, 9.17) is 4.74 Å². The SMILES string of the molecule is CCOC(=O)c1[nH]ncc1CNC(C)CCSC. The molecule has 0 aliphatic heterocycles. The predicted molar refractivity (Wildman–Crippen MR) is 73.8 cm³/mol. The van der Waals surface area contributed by atoms with Crippen molar-refractivity contribution in [1.29, 1.82) is 0 Å². The summed E-state index contributed by atoms with van der Waals surface area (Å²) < 4.78 is 4.96. The molecule has 1 aromatic rings. The van der Waals surface area contributed by atoms with E-state index in [2.05, 4.69) is 28.7 Å². The van der Waals surface area contributed by atoms with Crippen molar-refractivity contribution in [2.45, 2.75) is 32.9 Å². The van der Waals surface area contributed by atoms with E-state index in [1.54, 1.807) is 13.1 Å². The van der Waals surface area contributed by atoms with Crippen LogP contribution in [0.2, 0.25) is 0 Å². The first kappa shape index (κ1) is 15.0. The van der Waals surface area contributed by atoms with Crippen LogP contribution in [0.4, 0.5) is 0 Å². The minimum atomic E-state index is -0.344. The predicted octanol–water partition coefficient (Wildman–Crippen LogP) is 1.82. The lowest BCUT2D eigenvalue weighted by Crippen LogP contribution is -2.26. The van der Waals surface area contributed by atoms with Gasteiger partial charge < -0.3 is 10.1 Å². The lowest BCUT2D eigenvalue weighted by molar-refractivity contribution is 0.0518. The monoisotopic (exact) mass is 271 g/mol. The molecule has 1 atom stereocenters. The molecule has 6 heteroatoms. The average molecular weight is 271 g/mol. The van der Waals surface area contributed by atoms with Crippen molar-refractivity contribution in [3.05, 3.63) is 17.5 Å². The summed E-state index contributed by atoms with van der Waals surface area (Å²) in [6.45, 7) is 4.92. The van der Waals surface area contributed by atoms with E-state index in [1.807, 2.05) is 11.8 Å². The van der Waals surface area contributed by atoms with Crippen molar-refractivity contribution >= 4 is 17.7 Å². The van der Waals surface area contributed by atoms with Crippen molar-refractivity contribution < 1.29 is 9.53 Å². The molecule has 0 saturated carbocycles. The van der Waals surface area contributed by atoms with Gasteiger partial charge in [0.1, 0.15) is 5.69 Å². The molecule has 0 aliphatic carbocycles. The topological polar surface area (TPSA) is 67.0 Å². The number of thioether (sulfide) groups is 1. The summed E-state index contributed by atoms with van der Waals surface area (Å²) in [7, 11) is 0. The van der Waals surface area contributed by atoms with Crippen LogP contribution in [0.25, 0.3) is 0 Å². The van der Waals surface area contributed by atoms with Crippen LogP contribution in [0.3, 0.4) is 0 Å². The number of rotatable bonds is 8. The largest absolute Gasteiger partial charge is 0.461 e. The Labute approximate surface area is 112 Å². The van der Waals surface area contributed by atoms with Gasteiger partial charge in [-0.15, -0.1) is 0 Å². The Kier molecular flexibility index (Phi) is 6.82. The van der Waals surface area contributed by atoms with Crippen LogP contribution >= 0.6 is 11.8 Å². The van der Waals surface area contributed by atoms with Crippen molar-refractivity contribution in [1.82, 2.24) is 15.5 Å². The van der Waals surface area contributed by atoms with Crippen LogP contribution < -0.4 is 5.32 Å². The molecule has 18 heavy (non-hydrogen) atoms. The molecule has 0 fully saturated rings. The summed E-state index contributed by atoms with van der Waals surface area (Å²) in [6.07, 6.45) is 4.87. The highest BCUT2D eigenvalue weighted by Crippen LogP contribution is 2.07. The fraction of sp³-hybridized carbons (Fsp3) is 0.667. The normalized spacial score (nSPS) is 12.4. The van der Waals surface area contributed by atoms with E-state index in [9.17, 15) is 4.79 Å². The van der Waals surface area contributed by atoms with E-state index in [-0.39, 0.29) is 5.97 Å². The lowest BCUT2D eigenvalue weighted by atomic mass is 10.2. The second-order valence-electron chi connectivity index (χ2n) is 4.05. The summed E-state index contributed by atoms with van der Waals surface area (Å²) in [5.41, 5.74) is 1.30. The highest BCUT2D eigenvalue weighted by molar-refractivity contribution is 7.98. The third-order valence-electron chi connectivity index (χ3n) is 2.59. The Balaban J connectivity index is 2.47. The number of hydrogen-bond acceptors (Lipinski definition) is 5. The fourth-order valence-corrected chi connectivity index (χ4v) is 2.10. The van der Waals surface area contributed by atoms with E-state index < -0.39 is 0 Å². The van der Waals surface area contributed by atoms with Gasteiger partial charge in [0.05, 0.1) is 12.8 Å². The van der Waals surface area contributed by atoms with E-state index in [0.717, 1.165) is 17.7 Å². The summed E-state index contributed by atoms with van der Waals surface area (Å²) in [6, 6.07) is 0.419. The number of esters is 1. The highest BCUT2D eigenvalue weighted by atomic mass is 32.2. The van der Waals surface area contributed by atoms with Gasteiger partial charge in [-0.2, -0.15) is 16.9 Å². The minimum absolute atomic E-state index is 0.344. The first-order valence-corrected chi connectivity index (χ1v) is 7.50. The molecule has 2 N–H and O–H groups in total. The van der Waals surface area contributed by atoms with Crippen molar-refractivity contribution in [2.75, 3.05) is 18.6 Å². The number of aromatic amines is 1. The Hall–Kier alpha value is -1.01. The van der Waals surface area contributed by atoms with E-state index in [0.29, 0.717) is 24.9 Å². The van der Waals surface area contributed by atoms with Crippen LogP contribution in [-0.2, 0) is 11.3 Å². The Morgan fingerprint density at radius 1 is 1.67 bits per heavy atom. The third kappa shape index (κ3) is 4.70. The summed E-state index contributed by atoms with van der Waals surface area (Å²) in [4.78, 5) is 11.6. The fourth-order valence-electron chi connectivity index (χ4n) is 1.51. The van der Waals surface area contributed by atoms with Gasteiger partial charge in [0.2, 0.25) is 0 Å². The minimum Gasteiger partial charge on any atom is -0.461 e. The molecular weight excluding hydrogens is 250 g/mol. The van der Waals surface area contributed by atoms with Crippen LogP contribution in [0.15, 0.2) is 6.20 Å². The Morgan fingerprint density at radius 3 is 3.11 bits per heavy atom. The van der Waals surface area contributed by atoms with Gasteiger partial charge >= 0.3 is 5.97 Å². The Bertz CT molecular complexity index is 368. The van der Waals surface area contributed by atoms with Gasteiger partial charge in [0, 0.05) is 18.2 Å². The highest BCUT2D eigenvalue weighted by Gasteiger charge is 2.15. The molecule has 1 aromatic heterocycles. The Morgan fingerprint density at radius 2 is 2.44 bits per heavy atom. The average Bonchev–Trinajstić information content (AvgIpc) is 2.82. The summed E-state index contributed by atoms with van der Waals surface area (Å²) >= 11 is 1.84. The van der Waals surface area contributed by atoms with Crippen LogP contribution in [-0.4, -0.2) is 40.8 Å². The molecule has 0 amide bonds. The van der Waals surface area contributed by atoms with Crippen LogP contribution in [0.1, 0.15) is 36.3 Å². The van der Waals surface area contributed by atoms with Gasteiger partial charge in [-0.25, -0.2) is 4.79 Å². The summed E-state index contributed by atoms with van der Waals surface area (Å²) in [5, 5.41) is 9.96. The van der Waals surface area contributed by atoms with Gasteiger partial charge in [0.15, 0.2) is 0 Å². The van der Waals surface area contributed by atoms with E-state index in [1.165, 1.54) is 0 Å². The number of nitrogens with one attached hydrogen (secondary N) is 2. The number of carbonyl (C=O) groups excluding carboxylic acids is 1. The van der Waals surface area contributed by atoms with Crippen molar-refractivity contribution in [3.8, 4) is 0 Å². The molecule has 0 radical (unpaired) electrons. The zero-order chi connectivity index (χ0) is 13.4. The maximum absolute atomic E-state index is 11.6. The zero-order valence-corrected chi connectivity index (χ0v) is 12.0. The summed E-state index contributed by atoms with van der Waals surface area (Å²) in [5.74, 6) is 0.785. The number of nitrogens with zero attached hydrogens (tertiary/aromatic N) is 1. The van der Waals surface area contributed by atoms with Crippen LogP contribution in [0.5, 0.6) is 0 Å². The standard InChI is InChI=1S/C12H21N3O2S/c1-4-17-12(16)11-10(8-14-15-11)7-13-9(2)5-6-18-3/h8-9,13H,4-7H2,1-3H3,(H,14,15). The number of ether oxygens (including phenoxy) is 1. The van der Waals surface area contributed by atoms with Crippen molar-refractivity contribution in [2.24, 2.45) is 0 Å². The molecule has 0 aliphatic rings. The maximum atomic E-state index is 11.6. The maximum Gasteiger partial charge on any atom is 0.356 e. The molecule has 0 aromatic carbocycles. The van der Waals surface area contributed by atoms with Gasteiger partial charge in [-0.1, -0.05) is 0 Å². The molecule has 0 bridgehead atoms. The van der Waals surface area contributed by atoms with Crippen molar-refractivity contribution in [3.63, 3.8) is 0 Å². The molecule has 1 unspecified atom stereocenters. The second-order valence-corrected chi connectivity index (χ2v) is 5.04. The number of hydrogen-bond donors (Lipinski definition) is 2. The second kappa shape index (κ2) is 8.16. The molecule has 0 spiro atoms. The number of aromatic nitrogens is 2. The van der Waals surface area contributed by atoms with Gasteiger partial charge in [-0.05, 0) is 32.3 Å². The number of carbonyl (C=O) groups is 1. The molecule has 102 valence electrons. The molecule has 5 nitrogen and oxygen atoms in total. The smallest absolute Gasteiger partial charge is 0.356 e. The number of H-pyrrole nitrogens is 1. The molecule has 1 heterocycles. The van der Waals surface area contributed by atoms with Gasteiger partial charge in [0.25, 0.3) is 0 Å². The third-order valence-corrected chi connectivity index (χ3v) is 3.24. The molecule has 0 saturated heterocycles. The lowest BCUT2D eigenvalue weighted by Gasteiger charge is -2.12. The first-order valence-electron chi connectivity index (χ1n) is 6.10.